The lowest BCUT2D eigenvalue weighted by Gasteiger charge is -2.23. The van der Waals surface area contributed by atoms with Crippen LogP contribution in [0.5, 0.6) is 0 Å². The molecule has 2 nitrogen and oxygen atoms in total. The smallest absolute Gasteiger partial charge is 0.222 e. The third kappa shape index (κ3) is 2.12. The van der Waals surface area contributed by atoms with Gasteiger partial charge in [-0.3, -0.25) is 0 Å². The summed E-state index contributed by atoms with van der Waals surface area (Å²) in [6.45, 7) is 4.54. The molecule has 0 amide bonds. The Hall–Kier alpha value is -3.30. The fourth-order valence-electron chi connectivity index (χ4n) is 5.40. The van der Waals surface area contributed by atoms with Crippen LogP contribution >= 0.6 is 11.8 Å². The van der Waals surface area contributed by atoms with Crippen molar-refractivity contribution in [2.24, 2.45) is 7.05 Å². The quantitative estimate of drug-likeness (QED) is 0.238. The van der Waals surface area contributed by atoms with E-state index in [0.717, 1.165) is 11.2 Å². The van der Waals surface area contributed by atoms with Gasteiger partial charge in [0.2, 0.25) is 5.69 Å². The van der Waals surface area contributed by atoms with Crippen LogP contribution < -0.4 is 4.57 Å². The Balaban J connectivity index is 1.73. The fourth-order valence-corrected chi connectivity index (χ4v) is 6.71. The van der Waals surface area contributed by atoms with Gasteiger partial charge < -0.3 is 4.42 Å². The SMILES string of the molecule is Cc1c2c(c(C)c3ccccc13)-c1c3c(cc4oc5ccccc5c4c3cc[n+]1C)S2. The molecule has 148 valence electrons. The lowest BCUT2D eigenvalue weighted by Crippen LogP contribution is -2.31. The molecule has 0 atom stereocenters. The Kier molecular flexibility index (Phi) is 3.31. The highest BCUT2D eigenvalue weighted by molar-refractivity contribution is 8.00. The van der Waals surface area contributed by atoms with E-state index in [0.29, 0.717) is 0 Å². The van der Waals surface area contributed by atoms with Crippen LogP contribution in [0.15, 0.2) is 81.1 Å². The number of furan rings is 1. The zero-order chi connectivity index (χ0) is 20.9. The first kappa shape index (κ1) is 17.4. The second kappa shape index (κ2) is 5.89. The van der Waals surface area contributed by atoms with Gasteiger partial charge in [-0.15, -0.1) is 0 Å². The maximum absolute atomic E-state index is 6.29. The Bertz CT molecular complexity index is 1740. The van der Waals surface area contributed by atoms with Crippen LogP contribution in [0.1, 0.15) is 11.1 Å². The Morgan fingerprint density at radius 1 is 0.742 bits per heavy atom. The molecule has 0 spiro atoms. The van der Waals surface area contributed by atoms with Gasteiger partial charge in [-0.05, 0) is 47.9 Å². The predicted octanol–water partition coefficient (Wildman–Crippen LogP) is 7.47. The molecule has 4 aromatic carbocycles. The van der Waals surface area contributed by atoms with Gasteiger partial charge in [0.15, 0.2) is 6.20 Å². The van der Waals surface area contributed by atoms with E-state index >= 15 is 0 Å². The van der Waals surface area contributed by atoms with Crippen LogP contribution in [0.2, 0.25) is 0 Å². The Morgan fingerprint density at radius 3 is 2.26 bits per heavy atom. The van der Waals surface area contributed by atoms with E-state index in [-0.39, 0.29) is 0 Å². The van der Waals surface area contributed by atoms with Crippen molar-refractivity contribution in [2.75, 3.05) is 0 Å². The van der Waals surface area contributed by atoms with E-state index < -0.39 is 0 Å². The monoisotopic (exact) mass is 418 g/mol. The highest BCUT2D eigenvalue weighted by Crippen LogP contribution is 2.53. The lowest BCUT2D eigenvalue weighted by atomic mass is 9.91. The molecule has 0 radical (unpaired) electrons. The van der Waals surface area contributed by atoms with Crippen molar-refractivity contribution in [3.8, 4) is 11.3 Å². The summed E-state index contributed by atoms with van der Waals surface area (Å²) in [7, 11) is 2.17. The number of rotatable bonds is 0. The van der Waals surface area contributed by atoms with Crippen LogP contribution in [0.4, 0.5) is 0 Å². The van der Waals surface area contributed by atoms with Gasteiger partial charge in [-0.1, -0.05) is 54.2 Å². The summed E-state index contributed by atoms with van der Waals surface area (Å²) >= 11 is 1.89. The number of hydrogen-bond donors (Lipinski definition) is 0. The first-order valence-electron chi connectivity index (χ1n) is 10.6. The molecule has 1 aliphatic heterocycles. The number of pyridine rings is 1. The molecule has 0 saturated carbocycles. The zero-order valence-corrected chi connectivity index (χ0v) is 18.4. The number of benzene rings is 4. The van der Waals surface area contributed by atoms with Gasteiger partial charge in [0.25, 0.3) is 0 Å². The van der Waals surface area contributed by atoms with Crippen LogP contribution in [-0.4, -0.2) is 0 Å². The van der Waals surface area contributed by atoms with E-state index in [2.05, 4.69) is 86.3 Å². The van der Waals surface area contributed by atoms with E-state index in [1.165, 1.54) is 64.5 Å². The second-order valence-corrected chi connectivity index (χ2v) is 9.56. The zero-order valence-electron chi connectivity index (χ0n) is 17.6. The lowest BCUT2D eigenvalue weighted by molar-refractivity contribution is -0.659. The minimum atomic E-state index is 0.950. The van der Waals surface area contributed by atoms with Gasteiger partial charge in [-0.25, -0.2) is 4.57 Å². The largest absolute Gasteiger partial charge is 0.456 e. The fraction of sp³-hybridized carbons (Fsp3) is 0.107. The van der Waals surface area contributed by atoms with E-state index in [9.17, 15) is 0 Å². The van der Waals surface area contributed by atoms with Gasteiger partial charge >= 0.3 is 0 Å². The van der Waals surface area contributed by atoms with Gasteiger partial charge in [0.05, 0.1) is 10.9 Å². The third-order valence-electron chi connectivity index (χ3n) is 6.85. The topological polar surface area (TPSA) is 17.0 Å². The number of nitrogens with zero attached hydrogens (tertiary/aromatic N) is 1. The van der Waals surface area contributed by atoms with Crippen molar-refractivity contribution in [1.82, 2.24) is 0 Å². The maximum atomic E-state index is 6.29. The number of aryl methyl sites for hydroxylation is 3. The Morgan fingerprint density at radius 2 is 1.45 bits per heavy atom. The molecular weight excluding hydrogens is 398 g/mol. The number of aromatic nitrogens is 1. The molecular formula is C28H20NOS+. The number of fused-ring (bicyclic) bond motifs is 7. The molecule has 6 aromatic rings. The van der Waals surface area contributed by atoms with Crippen LogP contribution in [0.3, 0.4) is 0 Å². The van der Waals surface area contributed by atoms with Crippen molar-refractivity contribution in [3.05, 3.63) is 78.0 Å². The molecule has 0 unspecified atom stereocenters. The average molecular weight is 419 g/mol. The summed E-state index contributed by atoms with van der Waals surface area (Å²) in [5.74, 6) is 0. The molecule has 7 rings (SSSR count). The van der Waals surface area contributed by atoms with Crippen molar-refractivity contribution in [2.45, 2.75) is 23.6 Å². The molecule has 3 heterocycles. The first-order chi connectivity index (χ1) is 15.1. The number of hydrogen-bond acceptors (Lipinski definition) is 2. The van der Waals surface area contributed by atoms with Crippen molar-refractivity contribution in [3.63, 3.8) is 0 Å². The molecule has 1 aliphatic rings. The third-order valence-corrected chi connectivity index (χ3v) is 8.11. The van der Waals surface area contributed by atoms with Crippen molar-refractivity contribution < 1.29 is 8.98 Å². The molecule has 3 heteroatoms. The van der Waals surface area contributed by atoms with E-state index in [4.69, 9.17) is 4.42 Å². The Labute approximate surface area is 184 Å². The maximum Gasteiger partial charge on any atom is 0.222 e. The molecule has 0 bridgehead atoms. The minimum Gasteiger partial charge on any atom is -0.456 e. The normalized spacial score (nSPS) is 12.9. The highest BCUT2D eigenvalue weighted by atomic mass is 32.2. The molecule has 2 aromatic heterocycles. The highest BCUT2D eigenvalue weighted by Gasteiger charge is 2.32. The summed E-state index contributed by atoms with van der Waals surface area (Å²) in [5.41, 5.74) is 7.30. The van der Waals surface area contributed by atoms with Gasteiger partial charge in [-0.2, -0.15) is 0 Å². The first-order valence-corrected chi connectivity index (χ1v) is 11.4. The van der Waals surface area contributed by atoms with E-state index in [1.807, 2.05) is 17.8 Å². The predicted molar refractivity (Wildman–Crippen MR) is 129 cm³/mol. The van der Waals surface area contributed by atoms with Crippen molar-refractivity contribution >= 4 is 55.2 Å². The van der Waals surface area contributed by atoms with Gasteiger partial charge in [0, 0.05) is 32.0 Å². The molecule has 0 aliphatic carbocycles. The minimum absolute atomic E-state index is 0.950. The van der Waals surface area contributed by atoms with Crippen LogP contribution in [0, 0.1) is 13.8 Å². The molecule has 0 saturated heterocycles. The van der Waals surface area contributed by atoms with Crippen LogP contribution in [-0.2, 0) is 7.05 Å². The summed E-state index contributed by atoms with van der Waals surface area (Å²) in [6.07, 6.45) is 2.20. The van der Waals surface area contributed by atoms with E-state index in [1.54, 1.807) is 0 Å². The summed E-state index contributed by atoms with van der Waals surface area (Å²) in [6, 6.07) is 21.7. The summed E-state index contributed by atoms with van der Waals surface area (Å²) in [4.78, 5) is 2.64. The second-order valence-electron chi connectivity index (χ2n) is 8.51. The molecule has 0 fully saturated rings. The molecule has 0 N–H and O–H groups in total. The van der Waals surface area contributed by atoms with Crippen molar-refractivity contribution in [1.29, 1.82) is 0 Å². The summed E-state index contributed by atoms with van der Waals surface area (Å²) < 4.78 is 8.58. The standard InChI is InChI=1S/C28H20NOS/c1-15-17-8-4-5-9-18(17)16(2)28-24(15)27-26-20(12-13-29(27)3)25-19-10-6-7-11-21(19)30-22(25)14-23(26)31-28/h4-14H,1-3H3/q+1. The average Bonchev–Trinajstić information content (AvgIpc) is 3.17. The summed E-state index contributed by atoms with van der Waals surface area (Å²) in [5, 5.41) is 7.69. The van der Waals surface area contributed by atoms with Crippen LogP contribution in [0.25, 0.3) is 54.7 Å². The number of para-hydroxylation sites is 1. The molecule has 31 heavy (non-hydrogen) atoms. The van der Waals surface area contributed by atoms with Gasteiger partial charge in [0.1, 0.15) is 18.2 Å².